The minimum absolute atomic E-state index is 0. The Labute approximate surface area is 276 Å². The average molecular weight is 736 g/mol. The molecule has 0 aliphatic carbocycles. The van der Waals surface area contributed by atoms with Gasteiger partial charge in [-0.05, 0) is 61.3 Å². The summed E-state index contributed by atoms with van der Waals surface area (Å²) < 4.78 is 96.3. The van der Waals surface area contributed by atoms with E-state index in [2.05, 4.69) is 22.1 Å². The van der Waals surface area contributed by atoms with E-state index in [1.165, 1.54) is 30.5 Å². The molecule has 0 fully saturated rings. The fraction of sp³-hybridized carbons (Fsp3) is 0.108. The molecule has 0 aliphatic rings. The summed E-state index contributed by atoms with van der Waals surface area (Å²) in [5.41, 5.74) is 3.82. The van der Waals surface area contributed by atoms with Crippen LogP contribution in [0.25, 0.3) is 55.8 Å². The fourth-order valence-electron chi connectivity index (χ4n) is 4.33. The van der Waals surface area contributed by atoms with E-state index in [0.717, 1.165) is 17.1 Å². The predicted octanol–water partition coefficient (Wildman–Crippen LogP) is 9.29. The van der Waals surface area contributed by atoms with Crippen LogP contribution in [0.5, 0.6) is 0 Å². The molecule has 0 bridgehead atoms. The van der Waals surface area contributed by atoms with Crippen LogP contribution in [0.2, 0.25) is 0 Å². The van der Waals surface area contributed by atoms with Crippen molar-refractivity contribution in [2.75, 3.05) is 0 Å². The Morgan fingerprint density at radius 2 is 1.57 bits per heavy atom. The van der Waals surface area contributed by atoms with Gasteiger partial charge in [-0.2, -0.15) is 0 Å². The molecule has 42 heavy (non-hydrogen) atoms. The predicted molar refractivity (Wildman–Crippen MR) is 166 cm³/mol. The molecule has 7 rings (SSSR count). The fourth-order valence-corrected chi connectivity index (χ4v) is 4.33. The van der Waals surface area contributed by atoms with Gasteiger partial charge < -0.3 is 14.4 Å². The molecule has 4 aromatic carbocycles. The Morgan fingerprint density at radius 1 is 0.738 bits per heavy atom. The zero-order chi connectivity index (χ0) is 38.3. The van der Waals surface area contributed by atoms with E-state index in [4.69, 9.17) is 25.9 Å². The van der Waals surface area contributed by atoms with Gasteiger partial charge in [-0.3, -0.25) is 0 Å². The number of oxazole rings is 1. The smallest absolute Gasteiger partial charge is 0.226 e. The number of fused-ring (bicyclic) bond motifs is 3. The summed E-state index contributed by atoms with van der Waals surface area (Å²) in [5, 5.41) is 1.55. The van der Waals surface area contributed by atoms with Crippen LogP contribution in [-0.4, -0.2) is 15.0 Å². The molecule has 0 saturated carbocycles. The van der Waals surface area contributed by atoms with Crippen LogP contribution in [0.4, 0.5) is 0 Å². The van der Waals surface area contributed by atoms with Gasteiger partial charge in [0.2, 0.25) is 5.89 Å². The Balaban J connectivity index is 0.000000230. The normalized spacial score (nSPS) is 16.1. The Hall–Kier alpha value is -4.44. The van der Waals surface area contributed by atoms with E-state index in [0.29, 0.717) is 44.9 Å². The molecule has 7 aromatic rings. The van der Waals surface area contributed by atoms with Crippen LogP contribution in [-0.2, 0) is 20.1 Å². The number of rotatable bonds is 3. The monoisotopic (exact) mass is 736 g/mol. The standard InChI is InChI=1S/C24H17N2O.C13H12N.Ir/c1-15-13-20(25-14-16(15)2)19-10-6-9-17-11-12-21-23(22(17)19)26-24(27-21)18-7-4-3-5-8-18;1-10-3-6-12(7-4-10)13-8-5-11(2)9-14-13;/h3-9,11-14H,1-2H3;3-6,8-9H,1-2H3;/q2*-1;/i2*1D3,2D3;. The van der Waals surface area contributed by atoms with E-state index in [9.17, 15) is 0 Å². The summed E-state index contributed by atoms with van der Waals surface area (Å²) in [5.74, 6) is 0.460. The molecule has 0 atom stereocenters. The molecular weight excluding hydrogens is 695 g/mol. The minimum Gasteiger partial charge on any atom is -0.437 e. The largest absolute Gasteiger partial charge is 0.437 e. The third kappa shape index (κ3) is 6.08. The van der Waals surface area contributed by atoms with E-state index in [1.807, 2.05) is 48.5 Å². The van der Waals surface area contributed by atoms with Crippen LogP contribution in [0.3, 0.4) is 0 Å². The summed E-state index contributed by atoms with van der Waals surface area (Å²) in [6.45, 7) is -9.55. The Morgan fingerprint density at radius 3 is 2.31 bits per heavy atom. The molecule has 4 nitrogen and oxygen atoms in total. The number of aromatic nitrogens is 3. The molecule has 0 spiro atoms. The molecule has 0 N–H and O–H groups in total. The van der Waals surface area contributed by atoms with Gasteiger partial charge in [-0.15, -0.1) is 59.2 Å². The molecule has 5 heteroatoms. The van der Waals surface area contributed by atoms with Gasteiger partial charge in [0, 0.05) is 54.5 Å². The van der Waals surface area contributed by atoms with Crippen molar-refractivity contribution >= 4 is 21.9 Å². The van der Waals surface area contributed by atoms with Crippen molar-refractivity contribution in [3.8, 4) is 34.0 Å². The second-order valence-corrected chi connectivity index (χ2v) is 9.15. The second-order valence-electron chi connectivity index (χ2n) is 9.15. The van der Waals surface area contributed by atoms with Crippen molar-refractivity contribution in [3.63, 3.8) is 0 Å². The number of hydrogen-bond donors (Lipinski definition) is 0. The second kappa shape index (κ2) is 12.6. The molecule has 1 radical (unpaired) electrons. The topological polar surface area (TPSA) is 51.8 Å². The quantitative estimate of drug-likeness (QED) is 0.170. The molecule has 0 aliphatic heterocycles. The van der Waals surface area contributed by atoms with Gasteiger partial charge in [0.15, 0.2) is 0 Å². The van der Waals surface area contributed by atoms with E-state index < -0.39 is 27.4 Å². The minimum atomic E-state index is -2.62. The number of benzene rings is 4. The summed E-state index contributed by atoms with van der Waals surface area (Å²) in [6, 6.07) is 31.7. The van der Waals surface area contributed by atoms with Crippen LogP contribution in [0.15, 0.2) is 108 Å². The van der Waals surface area contributed by atoms with E-state index >= 15 is 0 Å². The van der Waals surface area contributed by atoms with Crippen molar-refractivity contribution in [3.05, 3.63) is 138 Å². The van der Waals surface area contributed by atoms with Crippen molar-refractivity contribution in [1.82, 2.24) is 15.0 Å². The van der Waals surface area contributed by atoms with Gasteiger partial charge in [0.1, 0.15) is 5.58 Å². The molecule has 3 aromatic heterocycles. The summed E-state index contributed by atoms with van der Waals surface area (Å²) in [4.78, 5) is 13.1. The third-order valence-corrected chi connectivity index (χ3v) is 6.37. The van der Waals surface area contributed by atoms with Gasteiger partial charge in [0.05, 0.1) is 5.52 Å². The average Bonchev–Trinajstić information content (AvgIpc) is 3.56. The van der Waals surface area contributed by atoms with Crippen LogP contribution < -0.4 is 0 Å². The van der Waals surface area contributed by atoms with Crippen molar-refractivity contribution in [2.24, 2.45) is 0 Å². The van der Waals surface area contributed by atoms with Crippen LogP contribution >= 0.6 is 0 Å². The maximum absolute atomic E-state index is 7.86. The molecule has 3 heterocycles. The number of aryl methyl sites for hydroxylation is 4. The van der Waals surface area contributed by atoms with Gasteiger partial charge in [-0.1, -0.05) is 65.7 Å². The van der Waals surface area contributed by atoms with Crippen molar-refractivity contribution in [1.29, 1.82) is 0 Å². The maximum Gasteiger partial charge on any atom is 0.226 e. The summed E-state index contributed by atoms with van der Waals surface area (Å²) >= 11 is 0. The zero-order valence-electron chi connectivity index (χ0n) is 33.9. The van der Waals surface area contributed by atoms with Gasteiger partial charge >= 0.3 is 0 Å². The third-order valence-electron chi connectivity index (χ3n) is 6.37. The Bertz CT molecular complexity index is 2330. The first kappa shape index (κ1) is 17.5. The van der Waals surface area contributed by atoms with E-state index in [-0.39, 0.29) is 42.4 Å². The molecule has 0 amide bonds. The van der Waals surface area contributed by atoms with Crippen molar-refractivity contribution in [2.45, 2.75) is 27.4 Å². The zero-order valence-corrected chi connectivity index (χ0v) is 24.3. The number of hydrogen-bond acceptors (Lipinski definition) is 4. The molecule has 209 valence electrons. The van der Waals surface area contributed by atoms with Crippen LogP contribution in [0.1, 0.15) is 38.7 Å². The Kier molecular flexibility index (Phi) is 5.25. The SMILES string of the molecule is [2H]C([2H])([2H])c1c[c-]c(-c2ccc(C([2H])([2H])[2H])cn2)cc1.[2H]C([2H])([2H])c1cnc(-c2[c-]ccc3ccc4oc(-c5ccccc5)nc4c23)cc1C([2H])([2H])[2H].[Ir]. The van der Waals surface area contributed by atoms with Crippen molar-refractivity contribution < 1.29 is 41.0 Å². The molecular formula is C37H29IrN3O-2. The summed E-state index contributed by atoms with van der Waals surface area (Å²) in [7, 11) is 0. The first-order valence-corrected chi connectivity index (χ1v) is 12.6. The van der Waals surface area contributed by atoms with Gasteiger partial charge in [0.25, 0.3) is 0 Å². The maximum atomic E-state index is 7.86. The molecule has 0 unspecified atom stereocenters. The molecule has 0 saturated heterocycles. The van der Waals surface area contributed by atoms with Crippen LogP contribution in [0, 0.1) is 39.5 Å². The first-order chi connectivity index (χ1) is 24.8. The summed E-state index contributed by atoms with van der Waals surface area (Å²) in [6.07, 6.45) is 2.42. The number of nitrogens with zero attached hydrogens (tertiary/aromatic N) is 3. The number of pyridine rings is 2. The van der Waals surface area contributed by atoms with E-state index in [1.54, 1.807) is 18.2 Å². The first-order valence-electron chi connectivity index (χ1n) is 18.6. The van der Waals surface area contributed by atoms with Gasteiger partial charge in [-0.25, -0.2) is 4.98 Å².